The molecule has 1 fully saturated rings. The van der Waals surface area contributed by atoms with Gasteiger partial charge in [0, 0.05) is 18.2 Å². The van der Waals surface area contributed by atoms with Crippen LogP contribution in [0.15, 0.2) is 42.6 Å². The summed E-state index contributed by atoms with van der Waals surface area (Å²) in [5.74, 6) is 1.03. The summed E-state index contributed by atoms with van der Waals surface area (Å²) in [4.78, 5) is 16.3. The molecule has 1 unspecified atom stereocenters. The summed E-state index contributed by atoms with van der Waals surface area (Å²) in [6, 6.07) is 10.5. The molecule has 24 heavy (non-hydrogen) atoms. The minimum Gasteiger partial charge on any atom is -0.491 e. The Morgan fingerprint density at radius 1 is 1.29 bits per heavy atom. The molecule has 1 aromatic carbocycles. The molecule has 0 spiro atoms. The molecule has 6 heteroatoms. The molecule has 1 aliphatic rings. The van der Waals surface area contributed by atoms with Crippen molar-refractivity contribution in [3.8, 4) is 11.6 Å². The molecule has 6 nitrogen and oxygen atoms in total. The monoisotopic (exact) mass is 328 g/mol. The molecule has 0 saturated carbocycles. The molecule has 2 heterocycles. The molecule has 1 aliphatic heterocycles. The van der Waals surface area contributed by atoms with Gasteiger partial charge in [0.25, 0.3) is 5.91 Å². The number of anilines is 1. The lowest BCUT2D eigenvalue weighted by Gasteiger charge is -2.11. The first-order valence-electron chi connectivity index (χ1n) is 7.90. The van der Waals surface area contributed by atoms with E-state index in [0.29, 0.717) is 23.7 Å². The number of ether oxygens (including phenoxy) is 3. The topological polar surface area (TPSA) is 69.7 Å². The highest BCUT2D eigenvalue weighted by molar-refractivity contribution is 6.04. The standard InChI is InChI=1S/C18H20N2O4/c1-22-17-9-6-14(11-19-17)20-18(21)13-4-7-15(8-5-13)24-12-16-3-2-10-23-16/h4-9,11,16H,2-3,10,12H2,1H3,(H,20,21). The fourth-order valence-electron chi connectivity index (χ4n) is 2.45. The smallest absolute Gasteiger partial charge is 0.255 e. The second-order valence-electron chi connectivity index (χ2n) is 5.51. The number of hydrogen-bond acceptors (Lipinski definition) is 5. The van der Waals surface area contributed by atoms with Crippen molar-refractivity contribution < 1.29 is 19.0 Å². The summed E-state index contributed by atoms with van der Waals surface area (Å²) in [5.41, 5.74) is 1.16. The molecule has 2 aromatic rings. The van der Waals surface area contributed by atoms with Crippen LogP contribution in [-0.4, -0.2) is 37.3 Å². The summed E-state index contributed by atoms with van der Waals surface area (Å²) in [5, 5.41) is 2.79. The highest BCUT2D eigenvalue weighted by atomic mass is 16.5. The van der Waals surface area contributed by atoms with Crippen LogP contribution in [0.25, 0.3) is 0 Å². The van der Waals surface area contributed by atoms with Crippen LogP contribution in [0.4, 0.5) is 5.69 Å². The van der Waals surface area contributed by atoms with E-state index in [-0.39, 0.29) is 12.0 Å². The van der Waals surface area contributed by atoms with E-state index in [0.717, 1.165) is 25.2 Å². The first-order chi connectivity index (χ1) is 11.7. The minimum absolute atomic E-state index is 0.176. The number of aromatic nitrogens is 1. The lowest BCUT2D eigenvalue weighted by atomic mass is 10.2. The third-order valence-corrected chi connectivity index (χ3v) is 3.78. The molecule has 0 radical (unpaired) electrons. The summed E-state index contributed by atoms with van der Waals surface area (Å²) < 4.78 is 16.2. The van der Waals surface area contributed by atoms with Crippen LogP contribution in [0, 0.1) is 0 Å². The van der Waals surface area contributed by atoms with Crippen molar-refractivity contribution in [3.63, 3.8) is 0 Å². The van der Waals surface area contributed by atoms with E-state index in [1.54, 1.807) is 49.7 Å². The molecule has 1 atom stereocenters. The van der Waals surface area contributed by atoms with Crippen LogP contribution in [0.3, 0.4) is 0 Å². The van der Waals surface area contributed by atoms with E-state index in [1.165, 1.54) is 0 Å². The van der Waals surface area contributed by atoms with Gasteiger partial charge < -0.3 is 19.5 Å². The number of amides is 1. The van der Waals surface area contributed by atoms with Gasteiger partial charge in [0.2, 0.25) is 5.88 Å². The molecule has 1 amide bonds. The Labute approximate surface area is 140 Å². The number of carbonyl (C=O) groups is 1. The fourth-order valence-corrected chi connectivity index (χ4v) is 2.45. The normalized spacial score (nSPS) is 16.6. The zero-order valence-corrected chi connectivity index (χ0v) is 13.5. The highest BCUT2D eigenvalue weighted by Gasteiger charge is 2.16. The first kappa shape index (κ1) is 16.3. The van der Waals surface area contributed by atoms with E-state index in [1.807, 2.05) is 0 Å². The van der Waals surface area contributed by atoms with E-state index >= 15 is 0 Å². The lowest BCUT2D eigenvalue weighted by Crippen LogP contribution is -2.16. The predicted octanol–water partition coefficient (Wildman–Crippen LogP) is 2.90. The maximum atomic E-state index is 12.2. The zero-order valence-electron chi connectivity index (χ0n) is 13.5. The third kappa shape index (κ3) is 4.23. The van der Waals surface area contributed by atoms with Gasteiger partial charge in [0.05, 0.1) is 25.1 Å². The number of nitrogens with zero attached hydrogens (tertiary/aromatic N) is 1. The van der Waals surface area contributed by atoms with Gasteiger partial charge in [-0.3, -0.25) is 4.79 Å². The Morgan fingerprint density at radius 3 is 2.75 bits per heavy atom. The largest absolute Gasteiger partial charge is 0.491 e. The Balaban J connectivity index is 1.54. The number of hydrogen-bond donors (Lipinski definition) is 1. The molecular formula is C18H20N2O4. The van der Waals surface area contributed by atoms with Crippen molar-refractivity contribution in [1.29, 1.82) is 0 Å². The van der Waals surface area contributed by atoms with Gasteiger partial charge in [-0.05, 0) is 43.2 Å². The summed E-state index contributed by atoms with van der Waals surface area (Å²) in [7, 11) is 1.54. The molecule has 0 aliphatic carbocycles. The molecular weight excluding hydrogens is 308 g/mol. The van der Waals surface area contributed by atoms with Crippen LogP contribution in [-0.2, 0) is 4.74 Å². The zero-order chi connectivity index (χ0) is 16.8. The van der Waals surface area contributed by atoms with Gasteiger partial charge >= 0.3 is 0 Å². The number of rotatable bonds is 6. The van der Waals surface area contributed by atoms with Crippen LogP contribution in [0.2, 0.25) is 0 Å². The lowest BCUT2D eigenvalue weighted by molar-refractivity contribution is 0.0679. The Bertz CT molecular complexity index is 664. The molecule has 3 rings (SSSR count). The van der Waals surface area contributed by atoms with Crippen molar-refractivity contribution in [2.24, 2.45) is 0 Å². The second kappa shape index (κ2) is 7.79. The Morgan fingerprint density at radius 2 is 2.12 bits per heavy atom. The molecule has 1 N–H and O–H groups in total. The van der Waals surface area contributed by atoms with Gasteiger partial charge in [-0.15, -0.1) is 0 Å². The number of carbonyl (C=O) groups excluding carboxylic acids is 1. The quantitative estimate of drug-likeness (QED) is 0.883. The second-order valence-corrected chi connectivity index (χ2v) is 5.51. The van der Waals surface area contributed by atoms with Crippen LogP contribution < -0.4 is 14.8 Å². The number of nitrogens with one attached hydrogen (secondary N) is 1. The maximum absolute atomic E-state index is 12.2. The summed E-state index contributed by atoms with van der Waals surface area (Å²) >= 11 is 0. The summed E-state index contributed by atoms with van der Waals surface area (Å²) in [6.45, 7) is 1.36. The Kier molecular flexibility index (Phi) is 5.28. The van der Waals surface area contributed by atoms with Gasteiger partial charge in [0.1, 0.15) is 12.4 Å². The van der Waals surface area contributed by atoms with Crippen LogP contribution in [0.5, 0.6) is 11.6 Å². The molecule has 1 aromatic heterocycles. The Hall–Kier alpha value is -2.60. The van der Waals surface area contributed by atoms with Crippen molar-refractivity contribution in [1.82, 2.24) is 4.98 Å². The van der Waals surface area contributed by atoms with Crippen molar-refractivity contribution in [2.75, 3.05) is 25.6 Å². The number of benzene rings is 1. The fraction of sp³-hybridized carbons (Fsp3) is 0.333. The first-order valence-corrected chi connectivity index (χ1v) is 7.90. The van der Waals surface area contributed by atoms with E-state index < -0.39 is 0 Å². The van der Waals surface area contributed by atoms with Gasteiger partial charge in [-0.2, -0.15) is 0 Å². The average Bonchev–Trinajstić information content (AvgIpc) is 3.14. The van der Waals surface area contributed by atoms with Crippen LogP contribution >= 0.6 is 0 Å². The van der Waals surface area contributed by atoms with Gasteiger partial charge in [-0.1, -0.05) is 0 Å². The molecule has 1 saturated heterocycles. The minimum atomic E-state index is -0.201. The van der Waals surface area contributed by atoms with Crippen molar-refractivity contribution in [2.45, 2.75) is 18.9 Å². The number of methoxy groups -OCH3 is 1. The van der Waals surface area contributed by atoms with E-state index in [4.69, 9.17) is 14.2 Å². The van der Waals surface area contributed by atoms with Crippen molar-refractivity contribution in [3.05, 3.63) is 48.2 Å². The van der Waals surface area contributed by atoms with E-state index in [2.05, 4.69) is 10.3 Å². The number of pyridine rings is 1. The SMILES string of the molecule is COc1ccc(NC(=O)c2ccc(OCC3CCCO3)cc2)cn1. The third-order valence-electron chi connectivity index (χ3n) is 3.78. The summed E-state index contributed by atoms with van der Waals surface area (Å²) in [6.07, 6.45) is 3.86. The van der Waals surface area contributed by atoms with Gasteiger partial charge in [-0.25, -0.2) is 4.98 Å². The van der Waals surface area contributed by atoms with Gasteiger partial charge in [0.15, 0.2) is 0 Å². The highest BCUT2D eigenvalue weighted by Crippen LogP contribution is 2.18. The van der Waals surface area contributed by atoms with E-state index in [9.17, 15) is 4.79 Å². The maximum Gasteiger partial charge on any atom is 0.255 e. The molecule has 126 valence electrons. The average molecular weight is 328 g/mol. The van der Waals surface area contributed by atoms with Crippen molar-refractivity contribution >= 4 is 11.6 Å². The predicted molar refractivity (Wildman–Crippen MR) is 89.7 cm³/mol. The molecule has 0 bridgehead atoms. The van der Waals surface area contributed by atoms with Crippen LogP contribution in [0.1, 0.15) is 23.2 Å².